The third kappa shape index (κ3) is 3.58. The molecule has 4 nitrogen and oxygen atoms in total. The first kappa shape index (κ1) is 15.4. The second-order valence-corrected chi connectivity index (χ2v) is 5.48. The summed E-state index contributed by atoms with van der Waals surface area (Å²) in [6, 6.07) is 3.90. The van der Waals surface area contributed by atoms with E-state index in [2.05, 4.69) is 22.9 Å². The molecule has 0 aliphatic carbocycles. The van der Waals surface area contributed by atoms with Gasteiger partial charge < -0.3 is 18.9 Å². The summed E-state index contributed by atoms with van der Waals surface area (Å²) >= 11 is 3.44. The molecule has 2 unspecified atom stereocenters. The molecule has 1 aromatic carbocycles. The van der Waals surface area contributed by atoms with Gasteiger partial charge in [0.05, 0.1) is 26.4 Å². The van der Waals surface area contributed by atoms with Crippen molar-refractivity contribution in [2.45, 2.75) is 37.3 Å². The fraction of sp³-hybridized carbons (Fsp3) is 0.600. The maximum atomic E-state index is 5.89. The van der Waals surface area contributed by atoms with Gasteiger partial charge in [0.25, 0.3) is 0 Å². The fourth-order valence-electron chi connectivity index (χ4n) is 2.34. The summed E-state index contributed by atoms with van der Waals surface area (Å²) in [5.74, 6) is 2.01. The lowest BCUT2D eigenvalue weighted by molar-refractivity contribution is 0.0253. The number of rotatable bonds is 6. The molecule has 20 heavy (non-hydrogen) atoms. The Morgan fingerprint density at radius 1 is 1.20 bits per heavy atom. The van der Waals surface area contributed by atoms with Crippen LogP contribution in [0.25, 0.3) is 0 Å². The van der Waals surface area contributed by atoms with Crippen molar-refractivity contribution in [3.8, 4) is 17.2 Å². The van der Waals surface area contributed by atoms with Crippen molar-refractivity contribution in [2.24, 2.45) is 0 Å². The van der Waals surface area contributed by atoms with Crippen molar-refractivity contribution in [1.29, 1.82) is 0 Å². The minimum Gasteiger partial charge on any atom is -0.493 e. The summed E-state index contributed by atoms with van der Waals surface area (Å²) in [5, 5.41) is 0.739. The molecule has 2 rings (SSSR count). The van der Waals surface area contributed by atoms with Gasteiger partial charge in [0.1, 0.15) is 6.61 Å². The molecule has 1 aliphatic rings. The minimum atomic E-state index is 0.148. The highest BCUT2D eigenvalue weighted by Crippen LogP contribution is 2.39. The van der Waals surface area contributed by atoms with E-state index >= 15 is 0 Å². The molecule has 112 valence electrons. The standard InChI is InChI=1S/C15H21BrO4/c1-10-4-5-12(20-10)9-19-15-13(17-2)6-11(8-16)7-14(15)18-3/h6-7,10,12H,4-5,8-9H2,1-3H3. The average molecular weight is 345 g/mol. The predicted octanol–water partition coefficient (Wildman–Crippen LogP) is 3.55. The van der Waals surface area contributed by atoms with Gasteiger partial charge >= 0.3 is 0 Å². The van der Waals surface area contributed by atoms with Crippen molar-refractivity contribution < 1.29 is 18.9 Å². The number of benzene rings is 1. The monoisotopic (exact) mass is 344 g/mol. The van der Waals surface area contributed by atoms with Crippen LogP contribution in [0.3, 0.4) is 0 Å². The van der Waals surface area contributed by atoms with E-state index in [9.17, 15) is 0 Å². The van der Waals surface area contributed by atoms with Crippen LogP contribution in [0.5, 0.6) is 17.2 Å². The zero-order valence-electron chi connectivity index (χ0n) is 12.1. The molecule has 2 atom stereocenters. The Bertz CT molecular complexity index is 424. The van der Waals surface area contributed by atoms with Gasteiger partial charge in [-0.2, -0.15) is 0 Å². The van der Waals surface area contributed by atoms with Crippen molar-refractivity contribution in [2.75, 3.05) is 20.8 Å². The zero-order chi connectivity index (χ0) is 14.5. The molecule has 0 aromatic heterocycles. The first-order chi connectivity index (χ1) is 9.67. The van der Waals surface area contributed by atoms with Gasteiger partial charge in [0, 0.05) is 5.33 Å². The Morgan fingerprint density at radius 2 is 1.85 bits per heavy atom. The van der Waals surface area contributed by atoms with Crippen molar-refractivity contribution in [3.05, 3.63) is 17.7 Å². The molecule has 1 heterocycles. The number of ether oxygens (including phenoxy) is 4. The molecule has 0 radical (unpaired) electrons. The smallest absolute Gasteiger partial charge is 0.203 e. The average Bonchev–Trinajstić information content (AvgIpc) is 2.89. The summed E-state index contributed by atoms with van der Waals surface area (Å²) in [4.78, 5) is 0. The van der Waals surface area contributed by atoms with E-state index in [4.69, 9.17) is 18.9 Å². The van der Waals surface area contributed by atoms with E-state index in [0.29, 0.717) is 30.0 Å². The van der Waals surface area contributed by atoms with Crippen LogP contribution in [0.15, 0.2) is 12.1 Å². The number of hydrogen-bond donors (Lipinski definition) is 0. The number of halogens is 1. The van der Waals surface area contributed by atoms with Crippen LogP contribution in [0.4, 0.5) is 0 Å². The quantitative estimate of drug-likeness (QED) is 0.739. The van der Waals surface area contributed by atoms with E-state index in [1.54, 1.807) is 14.2 Å². The molecule has 0 amide bonds. The Hall–Kier alpha value is -0.940. The van der Waals surface area contributed by atoms with Gasteiger partial charge in [-0.1, -0.05) is 15.9 Å². The van der Waals surface area contributed by atoms with Crippen LogP contribution >= 0.6 is 15.9 Å². The lowest BCUT2D eigenvalue weighted by Gasteiger charge is -2.18. The highest BCUT2D eigenvalue weighted by Gasteiger charge is 2.23. The molecule has 0 N–H and O–H groups in total. The Balaban J connectivity index is 2.12. The lowest BCUT2D eigenvalue weighted by Crippen LogP contribution is -2.18. The summed E-state index contributed by atoms with van der Waals surface area (Å²) in [6.45, 7) is 2.61. The fourth-order valence-corrected chi connectivity index (χ4v) is 2.66. The highest BCUT2D eigenvalue weighted by atomic mass is 79.9. The first-order valence-electron chi connectivity index (χ1n) is 6.77. The predicted molar refractivity (Wildman–Crippen MR) is 81.2 cm³/mol. The summed E-state index contributed by atoms with van der Waals surface area (Å²) in [7, 11) is 3.27. The van der Waals surface area contributed by atoms with Gasteiger partial charge in [-0.3, -0.25) is 0 Å². The van der Waals surface area contributed by atoms with Crippen LogP contribution < -0.4 is 14.2 Å². The Labute approximate surface area is 128 Å². The third-order valence-corrected chi connectivity index (χ3v) is 4.06. The van der Waals surface area contributed by atoms with Crippen LogP contribution in [-0.4, -0.2) is 33.0 Å². The molecule has 0 saturated carbocycles. The van der Waals surface area contributed by atoms with Crippen LogP contribution in [0.1, 0.15) is 25.3 Å². The molecular weight excluding hydrogens is 324 g/mol. The Morgan fingerprint density at radius 3 is 2.30 bits per heavy atom. The molecule has 0 spiro atoms. The number of methoxy groups -OCH3 is 2. The van der Waals surface area contributed by atoms with Crippen molar-refractivity contribution >= 4 is 15.9 Å². The van der Waals surface area contributed by atoms with Crippen LogP contribution in [-0.2, 0) is 10.1 Å². The molecule has 1 saturated heterocycles. The maximum absolute atomic E-state index is 5.89. The second kappa shape index (κ2) is 7.18. The van der Waals surface area contributed by atoms with Crippen molar-refractivity contribution in [3.63, 3.8) is 0 Å². The SMILES string of the molecule is COc1cc(CBr)cc(OC)c1OCC1CCC(C)O1. The van der Waals surface area contributed by atoms with Crippen LogP contribution in [0, 0.1) is 0 Å². The summed E-state index contributed by atoms with van der Waals surface area (Å²) in [6.07, 6.45) is 2.59. The van der Waals surface area contributed by atoms with Gasteiger partial charge in [0.15, 0.2) is 11.5 Å². The van der Waals surface area contributed by atoms with E-state index in [-0.39, 0.29) is 6.10 Å². The molecule has 5 heteroatoms. The van der Waals surface area contributed by atoms with Crippen LogP contribution in [0.2, 0.25) is 0 Å². The lowest BCUT2D eigenvalue weighted by atomic mass is 10.2. The molecule has 1 aromatic rings. The van der Waals surface area contributed by atoms with E-state index in [1.165, 1.54) is 0 Å². The highest BCUT2D eigenvalue weighted by molar-refractivity contribution is 9.08. The first-order valence-corrected chi connectivity index (χ1v) is 7.89. The zero-order valence-corrected chi connectivity index (χ0v) is 13.7. The number of hydrogen-bond acceptors (Lipinski definition) is 4. The minimum absolute atomic E-state index is 0.148. The second-order valence-electron chi connectivity index (χ2n) is 4.92. The van der Waals surface area contributed by atoms with Gasteiger partial charge in [0.2, 0.25) is 5.75 Å². The third-order valence-electron chi connectivity index (χ3n) is 3.41. The van der Waals surface area contributed by atoms with Gasteiger partial charge in [-0.15, -0.1) is 0 Å². The largest absolute Gasteiger partial charge is 0.493 e. The normalized spacial score (nSPS) is 21.8. The summed E-state index contributed by atoms with van der Waals surface area (Å²) in [5.41, 5.74) is 1.08. The Kier molecular flexibility index (Phi) is 5.54. The van der Waals surface area contributed by atoms with Crippen molar-refractivity contribution in [1.82, 2.24) is 0 Å². The molecule has 1 fully saturated rings. The summed E-state index contributed by atoms with van der Waals surface area (Å²) < 4.78 is 22.5. The number of alkyl halides is 1. The van der Waals surface area contributed by atoms with E-state index in [1.807, 2.05) is 12.1 Å². The van der Waals surface area contributed by atoms with E-state index < -0.39 is 0 Å². The maximum Gasteiger partial charge on any atom is 0.203 e. The molecule has 0 bridgehead atoms. The van der Waals surface area contributed by atoms with E-state index in [0.717, 1.165) is 23.7 Å². The molecule has 1 aliphatic heterocycles. The van der Waals surface area contributed by atoms with Gasteiger partial charge in [-0.05, 0) is 37.5 Å². The molecular formula is C15H21BrO4. The van der Waals surface area contributed by atoms with Gasteiger partial charge in [-0.25, -0.2) is 0 Å². The topological polar surface area (TPSA) is 36.9 Å².